The van der Waals surface area contributed by atoms with Crippen molar-refractivity contribution in [2.24, 2.45) is 12.1 Å². The topological polar surface area (TPSA) is 59.3 Å². The molecule has 0 aliphatic carbocycles. The fraction of sp³-hybridized carbons (Fsp3) is 0.235. The number of hydrogen-bond donors (Lipinski definition) is 1. The first-order chi connectivity index (χ1) is 12.5. The quantitative estimate of drug-likeness (QED) is 0.634. The monoisotopic (exact) mass is 382 g/mol. The van der Waals surface area contributed by atoms with Gasteiger partial charge in [-0.05, 0) is 19.1 Å². The van der Waals surface area contributed by atoms with E-state index >= 15 is 0 Å². The summed E-state index contributed by atoms with van der Waals surface area (Å²) in [6, 6.07) is 5.95. The predicted octanol–water partition coefficient (Wildman–Crippen LogP) is 3.82. The molecule has 2 heterocycles. The van der Waals surface area contributed by atoms with Crippen molar-refractivity contribution < 1.29 is 26.9 Å². The number of aryl methyl sites for hydroxylation is 2. The number of rotatable bonds is 2. The fourth-order valence-corrected chi connectivity index (χ4v) is 2.77. The SMILES string of the molecule is Cc1cc(NC(=O)[N+]2(C)N=C(C(F)(F)F)C=C2c2ccccc2F)n(C)n1. The van der Waals surface area contributed by atoms with Crippen LogP contribution in [0.4, 0.5) is 28.2 Å². The molecule has 2 aromatic rings. The number of urea groups is 1. The molecule has 0 fully saturated rings. The van der Waals surface area contributed by atoms with E-state index in [0.29, 0.717) is 11.8 Å². The van der Waals surface area contributed by atoms with Gasteiger partial charge in [0.25, 0.3) is 0 Å². The lowest BCUT2D eigenvalue weighted by atomic mass is 10.1. The minimum atomic E-state index is -4.78. The first-order valence-corrected chi connectivity index (χ1v) is 7.85. The van der Waals surface area contributed by atoms with Crippen molar-refractivity contribution in [2.45, 2.75) is 13.1 Å². The lowest BCUT2D eigenvalue weighted by molar-refractivity contribution is -0.756. The van der Waals surface area contributed by atoms with Crippen molar-refractivity contribution in [2.75, 3.05) is 12.4 Å². The Balaban J connectivity index is 2.07. The second-order valence-electron chi connectivity index (χ2n) is 6.18. The van der Waals surface area contributed by atoms with Crippen LogP contribution in [-0.2, 0) is 7.05 Å². The van der Waals surface area contributed by atoms with Crippen LogP contribution in [0.3, 0.4) is 0 Å². The summed E-state index contributed by atoms with van der Waals surface area (Å²) in [5.41, 5.74) is -1.02. The first kappa shape index (κ1) is 18.8. The Labute approximate surface area is 152 Å². The number of halogens is 4. The number of carbonyl (C=O) groups is 1. The van der Waals surface area contributed by atoms with Gasteiger partial charge in [0.05, 0.1) is 11.3 Å². The first-order valence-electron chi connectivity index (χ1n) is 7.85. The maximum absolute atomic E-state index is 14.2. The summed E-state index contributed by atoms with van der Waals surface area (Å²) in [5.74, 6) is -0.476. The average molecular weight is 382 g/mol. The molecule has 1 N–H and O–H groups in total. The zero-order valence-corrected chi connectivity index (χ0v) is 14.7. The van der Waals surface area contributed by atoms with Gasteiger partial charge < -0.3 is 0 Å². The Kier molecular flexibility index (Phi) is 4.38. The smallest absolute Gasteiger partial charge is 0.257 e. The molecule has 2 amide bonds. The van der Waals surface area contributed by atoms with Crippen LogP contribution in [0.2, 0.25) is 0 Å². The lowest BCUT2D eigenvalue weighted by Crippen LogP contribution is -2.45. The van der Waals surface area contributed by atoms with Gasteiger partial charge in [-0.15, -0.1) is 0 Å². The van der Waals surface area contributed by atoms with E-state index in [9.17, 15) is 22.4 Å². The van der Waals surface area contributed by atoms with Gasteiger partial charge in [-0.2, -0.15) is 18.3 Å². The van der Waals surface area contributed by atoms with E-state index in [1.807, 2.05) is 0 Å². The molecular formula is C17H16F4N5O+. The third kappa shape index (κ3) is 3.35. The van der Waals surface area contributed by atoms with Crippen molar-refractivity contribution in [3.8, 4) is 0 Å². The van der Waals surface area contributed by atoms with Crippen LogP contribution < -0.4 is 5.32 Å². The van der Waals surface area contributed by atoms with Crippen molar-refractivity contribution >= 4 is 23.3 Å². The molecule has 3 rings (SSSR count). The normalized spacial score (nSPS) is 19.7. The number of benzene rings is 1. The highest BCUT2D eigenvalue weighted by molar-refractivity contribution is 6.07. The minimum absolute atomic E-state index is 0.140. The molecule has 1 aromatic heterocycles. The molecule has 1 unspecified atom stereocenters. The zero-order chi connectivity index (χ0) is 20.0. The summed E-state index contributed by atoms with van der Waals surface area (Å²) in [4.78, 5) is 12.8. The Bertz CT molecular complexity index is 976. The molecular weight excluding hydrogens is 366 g/mol. The molecule has 0 saturated heterocycles. The van der Waals surface area contributed by atoms with Gasteiger partial charge in [-0.3, -0.25) is 10.00 Å². The molecule has 1 aromatic carbocycles. The van der Waals surface area contributed by atoms with Crippen molar-refractivity contribution in [3.63, 3.8) is 0 Å². The van der Waals surface area contributed by atoms with Crippen LogP contribution >= 0.6 is 0 Å². The third-order valence-corrected chi connectivity index (χ3v) is 4.12. The molecule has 0 spiro atoms. The number of aromatic nitrogens is 2. The van der Waals surface area contributed by atoms with Gasteiger partial charge in [-0.25, -0.2) is 9.18 Å². The summed E-state index contributed by atoms with van der Waals surface area (Å²) in [6.45, 7) is 1.70. The summed E-state index contributed by atoms with van der Waals surface area (Å²) in [5, 5.41) is 10.1. The summed E-state index contributed by atoms with van der Waals surface area (Å²) in [7, 11) is 2.74. The molecule has 142 valence electrons. The van der Waals surface area contributed by atoms with E-state index in [-0.39, 0.29) is 17.1 Å². The van der Waals surface area contributed by atoms with Crippen LogP contribution in [0.1, 0.15) is 11.3 Å². The summed E-state index contributed by atoms with van der Waals surface area (Å²) < 4.78 is 54.1. The molecule has 1 aliphatic heterocycles. The van der Waals surface area contributed by atoms with E-state index in [1.54, 1.807) is 20.0 Å². The molecule has 0 saturated carbocycles. The predicted molar refractivity (Wildman–Crippen MR) is 91.0 cm³/mol. The molecule has 10 heteroatoms. The van der Waals surface area contributed by atoms with E-state index in [1.165, 1.54) is 22.9 Å². The van der Waals surface area contributed by atoms with Crippen LogP contribution in [0.15, 0.2) is 41.5 Å². The maximum Gasteiger partial charge on any atom is 0.453 e. The molecule has 27 heavy (non-hydrogen) atoms. The molecule has 1 aliphatic rings. The number of hydrogen-bond acceptors (Lipinski definition) is 3. The second kappa shape index (κ2) is 6.31. The van der Waals surface area contributed by atoms with E-state index < -0.39 is 28.3 Å². The standard InChI is InChI=1S/C17H15F4N5O/c1-10-8-15(25(2)23-10)22-16(27)26(3)13(9-14(24-26)17(19,20)21)11-6-4-5-7-12(11)18/h4-9H,1-3H3/p+1. The number of quaternary nitrogens is 1. The highest BCUT2D eigenvalue weighted by Gasteiger charge is 2.51. The number of nitrogens with one attached hydrogen (secondary N) is 1. The largest absolute Gasteiger partial charge is 0.453 e. The number of allylic oxidation sites excluding steroid dienone is 1. The Morgan fingerprint density at radius 2 is 1.93 bits per heavy atom. The van der Waals surface area contributed by atoms with Crippen molar-refractivity contribution in [1.29, 1.82) is 0 Å². The molecule has 0 radical (unpaired) electrons. The van der Waals surface area contributed by atoms with E-state index in [2.05, 4.69) is 15.5 Å². The molecule has 1 atom stereocenters. The van der Waals surface area contributed by atoms with Gasteiger partial charge in [0.1, 0.15) is 18.7 Å². The highest BCUT2D eigenvalue weighted by atomic mass is 19.4. The average Bonchev–Trinajstić information content (AvgIpc) is 3.08. The summed E-state index contributed by atoms with van der Waals surface area (Å²) >= 11 is 0. The lowest BCUT2D eigenvalue weighted by Gasteiger charge is -2.24. The summed E-state index contributed by atoms with van der Waals surface area (Å²) in [6.07, 6.45) is -4.09. The van der Waals surface area contributed by atoms with E-state index in [4.69, 9.17) is 0 Å². The number of amides is 2. The Hall–Kier alpha value is -3.01. The van der Waals surface area contributed by atoms with Gasteiger partial charge in [-0.1, -0.05) is 21.8 Å². The number of alkyl halides is 3. The van der Waals surface area contributed by atoms with Gasteiger partial charge in [0.2, 0.25) is 5.71 Å². The maximum atomic E-state index is 14.2. The zero-order valence-electron chi connectivity index (χ0n) is 14.7. The fourth-order valence-electron chi connectivity index (χ4n) is 2.77. The number of carbonyl (C=O) groups excluding carboxylic acids is 1. The van der Waals surface area contributed by atoms with Gasteiger partial charge >= 0.3 is 12.2 Å². The van der Waals surface area contributed by atoms with Gasteiger partial charge in [0.15, 0.2) is 5.70 Å². The van der Waals surface area contributed by atoms with Crippen LogP contribution in [0.25, 0.3) is 5.70 Å². The van der Waals surface area contributed by atoms with Gasteiger partial charge in [0, 0.05) is 19.2 Å². The van der Waals surface area contributed by atoms with Crippen molar-refractivity contribution in [3.05, 3.63) is 53.5 Å². The van der Waals surface area contributed by atoms with Crippen molar-refractivity contribution in [1.82, 2.24) is 9.78 Å². The molecule has 6 nitrogen and oxygen atoms in total. The Morgan fingerprint density at radius 1 is 1.26 bits per heavy atom. The van der Waals surface area contributed by atoms with Crippen LogP contribution in [0.5, 0.6) is 0 Å². The Morgan fingerprint density at radius 3 is 2.48 bits per heavy atom. The minimum Gasteiger partial charge on any atom is -0.257 e. The highest BCUT2D eigenvalue weighted by Crippen LogP contribution is 2.37. The number of anilines is 1. The molecule has 0 bridgehead atoms. The van der Waals surface area contributed by atoms with Crippen LogP contribution in [0, 0.1) is 12.7 Å². The third-order valence-electron chi connectivity index (χ3n) is 4.12. The number of nitrogens with zero attached hydrogens (tertiary/aromatic N) is 4. The second-order valence-corrected chi connectivity index (χ2v) is 6.18. The van der Waals surface area contributed by atoms with E-state index in [0.717, 1.165) is 13.1 Å². The van der Waals surface area contributed by atoms with Crippen LogP contribution in [-0.4, -0.2) is 39.3 Å².